The van der Waals surface area contributed by atoms with Gasteiger partial charge < -0.3 is 9.30 Å². The molecule has 21 heavy (non-hydrogen) atoms. The molecular weight excluding hydrogens is 266 g/mol. The van der Waals surface area contributed by atoms with Crippen LogP contribution in [0.3, 0.4) is 0 Å². The summed E-state index contributed by atoms with van der Waals surface area (Å²) in [7, 11) is 0. The number of nitrogens with zero attached hydrogens (tertiary/aromatic N) is 1. The third kappa shape index (κ3) is 2.61. The molecule has 0 N–H and O–H groups in total. The zero-order chi connectivity index (χ0) is 14.8. The first-order valence-electron chi connectivity index (χ1n) is 7.18. The van der Waals surface area contributed by atoms with Gasteiger partial charge in [-0.15, -0.1) is 0 Å². The van der Waals surface area contributed by atoms with Crippen molar-refractivity contribution in [3.8, 4) is 17.0 Å². The molecule has 2 aromatic rings. The lowest BCUT2D eigenvalue weighted by Crippen LogP contribution is -2.24. The van der Waals surface area contributed by atoms with E-state index in [-0.39, 0.29) is 17.2 Å². The van der Waals surface area contributed by atoms with E-state index in [4.69, 9.17) is 4.74 Å². The summed E-state index contributed by atoms with van der Waals surface area (Å²) in [5.41, 5.74) is 1.84. The molecular formula is C17H17NO3. The minimum Gasteiger partial charge on any atom is -0.494 e. The molecule has 3 rings (SSSR count). The molecule has 0 spiro atoms. The van der Waals surface area contributed by atoms with Gasteiger partial charge in [0.2, 0.25) is 0 Å². The van der Waals surface area contributed by atoms with Gasteiger partial charge in [0.1, 0.15) is 5.75 Å². The average molecular weight is 283 g/mol. The fraction of sp³-hybridized carbons (Fsp3) is 0.294. The minimum atomic E-state index is -0.195. The van der Waals surface area contributed by atoms with Crippen LogP contribution in [0.25, 0.3) is 11.3 Å². The third-order valence-corrected chi connectivity index (χ3v) is 3.65. The zero-order valence-corrected chi connectivity index (χ0v) is 11.9. The Morgan fingerprint density at radius 2 is 1.90 bits per heavy atom. The van der Waals surface area contributed by atoms with E-state index in [9.17, 15) is 9.59 Å². The molecule has 1 fully saturated rings. The second kappa shape index (κ2) is 5.56. The van der Waals surface area contributed by atoms with Crippen molar-refractivity contribution >= 4 is 6.29 Å². The molecule has 0 bridgehead atoms. The quantitative estimate of drug-likeness (QED) is 0.792. The van der Waals surface area contributed by atoms with Crippen molar-refractivity contribution in [1.82, 2.24) is 4.57 Å². The molecule has 0 radical (unpaired) electrons. The molecule has 0 aliphatic heterocycles. The Bertz CT molecular complexity index is 712. The van der Waals surface area contributed by atoms with Crippen LogP contribution in [0.1, 0.15) is 36.2 Å². The fourth-order valence-corrected chi connectivity index (χ4v) is 2.48. The molecule has 1 aromatic carbocycles. The van der Waals surface area contributed by atoms with Gasteiger partial charge in [0, 0.05) is 6.04 Å². The summed E-state index contributed by atoms with van der Waals surface area (Å²) in [5.74, 6) is 0.811. The number of aromatic nitrogens is 1. The lowest BCUT2D eigenvalue weighted by molar-refractivity contribution is 0.112. The van der Waals surface area contributed by atoms with Gasteiger partial charge in [-0.1, -0.05) is 0 Å². The van der Waals surface area contributed by atoms with Gasteiger partial charge in [-0.05, 0) is 61.7 Å². The largest absolute Gasteiger partial charge is 0.494 e. The van der Waals surface area contributed by atoms with Crippen LogP contribution in [-0.4, -0.2) is 17.5 Å². The van der Waals surface area contributed by atoms with E-state index in [1.807, 2.05) is 37.3 Å². The highest BCUT2D eigenvalue weighted by atomic mass is 16.5. The number of hydrogen-bond acceptors (Lipinski definition) is 3. The Kier molecular flexibility index (Phi) is 3.60. The number of benzene rings is 1. The van der Waals surface area contributed by atoms with Crippen LogP contribution >= 0.6 is 0 Å². The fourth-order valence-electron chi connectivity index (χ4n) is 2.48. The van der Waals surface area contributed by atoms with Crippen LogP contribution in [0.15, 0.2) is 41.2 Å². The first kappa shape index (κ1) is 13.6. The summed E-state index contributed by atoms with van der Waals surface area (Å²) < 4.78 is 7.18. The number of carbonyl (C=O) groups is 1. The summed E-state index contributed by atoms with van der Waals surface area (Å²) in [4.78, 5) is 23.3. The SMILES string of the molecule is CCOc1ccc(-c2ccc(C=O)c(=O)n2C2CC2)cc1. The predicted molar refractivity (Wildman–Crippen MR) is 81.0 cm³/mol. The van der Waals surface area contributed by atoms with Crippen LogP contribution in [0.5, 0.6) is 5.75 Å². The second-order valence-corrected chi connectivity index (χ2v) is 5.16. The van der Waals surface area contributed by atoms with Crippen molar-refractivity contribution in [2.75, 3.05) is 6.61 Å². The monoisotopic (exact) mass is 283 g/mol. The highest BCUT2D eigenvalue weighted by Crippen LogP contribution is 2.37. The summed E-state index contributed by atoms with van der Waals surface area (Å²) >= 11 is 0. The molecule has 1 aliphatic rings. The van der Waals surface area contributed by atoms with Crippen molar-refractivity contribution in [3.05, 3.63) is 52.3 Å². The van der Waals surface area contributed by atoms with Crippen LogP contribution in [0.2, 0.25) is 0 Å². The van der Waals surface area contributed by atoms with Crippen molar-refractivity contribution < 1.29 is 9.53 Å². The maximum atomic E-state index is 12.4. The van der Waals surface area contributed by atoms with E-state index in [0.29, 0.717) is 12.9 Å². The minimum absolute atomic E-state index is 0.195. The smallest absolute Gasteiger partial charge is 0.261 e. The van der Waals surface area contributed by atoms with Gasteiger partial charge in [-0.2, -0.15) is 0 Å². The molecule has 1 aliphatic carbocycles. The Hall–Kier alpha value is -2.36. The molecule has 4 nitrogen and oxygen atoms in total. The van der Waals surface area contributed by atoms with E-state index >= 15 is 0 Å². The number of carbonyl (C=O) groups excluding carboxylic acids is 1. The van der Waals surface area contributed by atoms with Crippen molar-refractivity contribution in [1.29, 1.82) is 0 Å². The average Bonchev–Trinajstić information content (AvgIpc) is 3.33. The molecule has 1 aromatic heterocycles. The van der Waals surface area contributed by atoms with Crippen molar-refractivity contribution in [3.63, 3.8) is 0 Å². The number of hydrogen-bond donors (Lipinski definition) is 0. The Balaban J connectivity index is 2.07. The Labute approximate surface area is 123 Å². The number of rotatable bonds is 5. The Morgan fingerprint density at radius 1 is 1.19 bits per heavy atom. The third-order valence-electron chi connectivity index (χ3n) is 3.65. The molecule has 0 amide bonds. The van der Waals surface area contributed by atoms with E-state index in [0.717, 1.165) is 29.8 Å². The van der Waals surface area contributed by atoms with Crippen molar-refractivity contribution in [2.45, 2.75) is 25.8 Å². The molecule has 0 unspecified atom stereocenters. The summed E-state index contributed by atoms with van der Waals surface area (Å²) in [6.45, 7) is 2.57. The summed E-state index contributed by atoms with van der Waals surface area (Å²) in [5, 5.41) is 0. The predicted octanol–water partition coefficient (Wildman–Crippen LogP) is 3.06. The molecule has 1 saturated carbocycles. The van der Waals surface area contributed by atoms with E-state index < -0.39 is 0 Å². The lowest BCUT2D eigenvalue weighted by Gasteiger charge is -2.13. The normalized spacial score (nSPS) is 14.0. The zero-order valence-electron chi connectivity index (χ0n) is 11.9. The maximum Gasteiger partial charge on any atom is 0.261 e. The lowest BCUT2D eigenvalue weighted by atomic mass is 10.1. The van der Waals surface area contributed by atoms with Gasteiger partial charge >= 0.3 is 0 Å². The van der Waals surface area contributed by atoms with Gasteiger partial charge in [-0.25, -0.2) is 0 Å². The topological polar surface area (TPSA) is 48.3 Å². The molecule has 1 heterocycles. The first-order chi connectivity index (χ1) is 10.2. The highest BCUT2D eigenvalue weighted by Gasteiger charge is 2.27. The van der Waals surface area contributed by atoms with E-state index in [2.05, 4.69) is 0 Å². The van der Waals surface area contributed by atoms with Crippen LogP contribution in [-0.2, 0) is 0 Å². The van der Waals surface area contributed by atoms with Crippen molar-refractivity contribution in [2.24, 2.45) is 0 Å². The molecule has 4 heteroatoms. The van der Waals surface area contributed by atoms with E-state index in [1.54, 1.807) is 10.6 Å². The van der Waals surface area contributed by atoms with Crippen LogP contribution in [0.4, 0.5) is 0 Å². The standard InChI is InChI=1S/C17H17NO3/c1-2-21-15-8-3-12(4-9-15)16-10-5-13(11-19)17(20)18(16)14-6-7-14/h3-5,8-11,14H,2,6-7H2,1H3. The highest BCUT2D eigenvalue weighted by molar-refractivity contribution is 5.75. The van der Waals surface area contributed by atoms with Gasteiger partial charge in [0.05, 0.1) is 17.9 Å². The number of aldehydes is 1. The van der Waals surface area contributed by atoms with Gasteiger partial charge in [0.15, 0.2) is 6.29 Å². The second-order valence-electron chi connectivity index (χ2n) is 5.16. The summed E-state index contributed by atoms with van der Waals surface area (Å²) in [6.07, 6.45) is 2.61. The molecule has 0 atom stereocenters. The Morgan fingerprint density at radius 3 is 2.48 bits per heavy atom. The number of pyridine rings is 1. The van der Waals surface area contributed by atoms with Crippen LogP contribution < -0.4 is 10.3 Å². The number of ether oxygens (including phenoxy) is 1. The molecule has 108 valence electrons. The summed E-state index contributed by atoms with van der Waals surface area (Å²) in [6, 6.07) is 11.3. The van der Waals surface area contributed by atoms with Gasteiger partial charge in [-0.3, -0.25) is 9.59 Å². The van der Waals surface area contributed by atoms with Crippen LogP contribution in [0, 0.1) is 0 Å². The molecule has 0 saturated heterocycles. The maximum absolute atomic E-state index is 12.4. The first-order valence-corrected chi connectivity index (χ1v) is 7.18. The van der Waals surface area contributed by atoms with E-state index in [1.165, 1.54) is 0 Å². The van der Waals surface area contributed by atoms with Gasteiger partial charge in [0.25, 0.3) is 5.56 Å².